The maximum Gasteiger partial charge on any atom is 0.162 e. The van der Waals surface area contributed by atoms with Gasteiger partial charge in [-0.15, -0.1) is 11.3 Å². The molecule has 20 heavy (non-hydrogen) atoms. The largest absolute Gasteiger partial charge is 0.483 e. The summed E-state index contributed by atoms with van der Waals surface area (Å²) >= 11 is 1.56. The smallest absolute Gasteiger partial charge is 0.162 e. The first-order chi connectivity index (χ1) is 9.52. The highest BCUT2D eigenvalue weighted by atomic mass is 32.1. The van der Waals surface area contributed by atoms with Crippen LogP contribution in [0.25, 0.3) is 0 Å². The van der Waals surface area contributed by atoms with Crippen molar-refractivity contribution < 1.29 is 13.5 Å². The molecule has 0 aliphatic heterocycles. The third-order valence-corrected chi connectivity index (χ3v) is 4.25. The van der Waals surface area contributed by atoms with Crippen molar-refractivity contribution in [3.63, 3.8) is 0 Å². The number of hydrogen-bond donors (Lipinski definition) is 1. The molecule has 0 amide bonds. The van der Waals surface area contributed by atoms with E-state index in [1.54, 1.807) is 11.3 Å². The van der Waals surface area contributed by atoms with Crippen molar-refractivity contribution in [1.82, 2.24) is 0 Å². The van der Waals surface area contributed by atoms with Crippen LogP contribution in [0.4, 0.5) is 8.78 Å². The zero-order valence-electron chi connectivity index (χ0n) is 11.4. The Labute approximate surface area is 121 Å². The Bertz CT molecular complexity index is 585. The minimum absolute atomic E-state index is 0.208. The molecule has 2 rings (SSSR count). The van der Waals surface area contributed by atoms with Gasteiger partial charge in [-0.25, -0.2) is 8.78 Å². The van der Waals surface area contributed by atoms with Crippen molar-refractivity contribution in [2.75, 3.05) is 0 Å². The molecule has 1 aromatic heterocycles. The first-order valence-corrected chi connectivity index (χ1v) is 7.32. The third kappa shape index (κ3) is 3.16. The Morgan fingerprint density at radius 3 is 2.55 bits per heavy atom. The quantitative estimate of drug-likeness (QED) is 0.898. The van der Waals surface area contributed by atoms with Crippen LogP contribution in [-0.2, 0) is 0 Å². The number of ether oxygens (including phenoxy) is 1. The van der Waals surface area contributed by atoms with Gasteiger partial charge in [0.25, 0.3) is 0 Å². The topological polar surface area (TPSA) is 35.2 Å². The lowest BCUT2D eigenvalue weighted by Gasteiger charge is -2.24. The van der Waals surface area contributed by atoms with E-state index in [-0.39, 0.29) is 17.9 Å². The van der Waals surface area contributed by atoms with E-state index >= 15 is 0 Å². The highest BCUT2D eigenvalue weighted by molar-refractivity contribution is 7.10. The van der Waals surface area contributed by atoms with Crippen molar-refractivity contribution in [1.29, 1.82) is 0 Å². The van der Waals surface area contributed by atoms with Gasteiger partial charge in [0.05, 0.1) is 0 Å². The molecule has 0 aliphatic carbocycles. The van der Waals surface area contributed by atoms with Gasteiger partial charge >= 0.3 is 0 Å². The lowest BCUT2D eigenvalue weighted by Crippen LogP contribution is -2.31. The summed E-state index contributed by atoms with van der Waals surface area (Å²) < 4.78 is 32.0. The van der Waals surface area contributed by atoms with Gasteiger partial charge in [-0.3, -0.25) is 0 Å². The van der Waals surface area contributed by atoms with Crippen molar-refractivity contribution in [2.45, 2.75) is 32.4 Å². The molecule has 0 saturated heterocycles. The van der Waals surface area contributed by atoms with E-state index < -0.39 is 11.6 Å². The van der Waals surface area contributed by atoms with E-state index in [1.165, 1.54) is 6.07 Å². The fourth-order valence-electron chi connectivity index (χ4n) is 1.92. The maximum absolute atomic E-state index is 13.3. The van der Waals surface area contributed by atoms with Crippen LogP contribution in [0.2, 0.25) is 0 Å². The minimum atomic E-state index is -0.922. The monoisotopic (exact) mass is 297 g/mol. The molecule has 2 unspecified atom stereocenters. The molecule has 2 aromatic rings. The summed E-state index contributed by atoms with van der Waals surface area (Å²) in [6.07, 6.45) is 0.371. The molecule has 2 atom stereocenters. The molecule has 0 bridgehead atoms. The van der Waals surface area contributed by atoms with Crippen LogP contribution >= 0.6 is 11.3 Å². The number of halogens is 2. The minimum Gasteiger partial charge on any atom is -0.483 e. The van der Waals surface area contributed by atoms with Crippen LogP contribution < -0.4 is 10.5 Å². The normalized spacial score (nSPS) is 14.1. The summed E-state index contributed by atoms with van der Waals surface area (Å²) in [5.74, 6) is -1.53. The number of benzene rings is 1. The fraction of sp³-hybridized carbons (Fsp3) is 0.333. The fourth-order valence-corrected chi connectivity index (χ4v) is 2.95. The SMILES string of the molecule is CCC(N)C(Oc1ccc(F)c(F)c1)c1sccc1C. The lowest BCUT2D eigenvalue weighted by molar-refractivity contribution is 0.173. The van der Waals surface area contributed by atoms with Crippen molar-refractivity contribution in [2.24, 2.45) is 5.73 Å². The number of thiophene rings is 1. The van der Waals surface area contributed by atoms with Crippen molar-refractivity contribution >= 4 is 11.3 Å². The average molecular weight is 297 g/mol. The Morgan fingerprint density at radius 1 is 1.25 bits per heavy atom. The van der Waals surface area contributed by atoms with E-state index in [9.17, 15) is 8.78 Å². The Balaban J connectivity index is 2.28. The van der Waals surface area contributed by atoms with Crippen LogP contribution in [0.1, 0.15) is 29.9 Å². The predicted molar refractivity (Wildman–Crippen MR) is 77.0 cm³/mol. The predicted octanol–water partition coefficient (Wildman–Crippen LogP) is 4.19. The Morgan fingerprint density at radius 2 is 2.00 bits per heavy atom. The molecule has 0 aliphatic rings. The third-order valence-electron chi connectivity index (χ3n) is 3.17. The molecule has 0 radical (unpaired) electrons. The molecule has 0 fully saturated rings. The molecular formula is C15H17F2NOS. The highest BCUT2D eigenvalue weighted by Crippen LogP contribution is 2.31. The summed E-state index contributed by atoms with van der Waals surface area (Å²) in [5.41, 5.74) is 7.20. The number of rotatable bonds is 5. The van der Waals surface area contributed by atoms with Gasteiger partial charge < -0.3 is 10.5 Å². The first-order valence-electron chi connectivity index (χ1n) is 6.44. The van der Waals surface area contributed by atoms with E-state index in [0.29, 0.717) is 0 Å². The zero-order chi connectivity index (χ0) is 14.7. The van der Waals surface area contributed by atoms with Gasteiger partial charge in [-0.2, -0.15) is 0 Å². The molecular weight excluding hydrogens is 280 g/mol. The molecule has 1 heterocycles. The number of nitrogens with two attached hydrogens (primary N) is 1. The van der Waals surface area contributed by atoms with Crippen LogP contribution in [-0.4, -0.2) is 6.04 Å². The molecule has 2 N–H and O–H groups in total. The summed E-state index contributed by atoms with van der Waals surface area (Å²) in [4.78, 5) is 1.02. The van der Waals surface area contributed by atoms with Gasteiger partial charge in [-0.05, 0) is 42.5 Å². The van der Waals surface area contributed by atoms with Crippen LogP contribution in [0, 0.1) is 18.6 Å². The van der Waals surface area contributed by atoms with Gasteiger partial charge in [0.1, 0.15) is 11.9 Å². The average Bonchev–Trinajstić information content (AvgIpc) is 2.85. The number of hydrogen-bond acceptors (Lipinski definition) is 3. The van der Waals surface area contributed by atoms with E-state index in [2.05, 4.69) is 0 Å². The van der Waals surface area contributed by atoms with Gasteiger partial charge in [0, 0.05) is 17.0 Å². The highest BCUT2D eigenvalue weighted by Gasteiger charge is 2.23. The second kappa shape index (κ2) is 6.33. The molecule has 108 valence electrons. The summed E-state index contributed by atoms with van der Waals surface area (Å²) in [6, 6.07) is 5.30. The Kier molecular flexibility index (Phi) is 4.73. The van der Waals surface area contributed by atoms with E-state index in [4.69, 9.17) is 10.5 Å². The lowest BCUT2D eigenvalue weighted by atomic mass is 10.1. The molecule has 0 saturated carbocycles. The maximum atomic E-state index is 13.3. The van der Waals surface area contributed by atoms with Crippen LogP contribution in [0.3, 0.4) is 0 Å². The molecule has 1 aromatic carbocycles. The summed E-state index contributed by atoms with van der Waals surface area (Å²) in [5, 5.41) is 1.97. The number of aryl methyl sites for hydroxylation is 1. The van der Waals surface area contributed by atoms with Crippen LogP contribution in [0.15, 0.2) is 29.6 Å². The van der Waals surface area contributed by atoms with Crippen molar-refractivity contribution in [3.8, 4) is 5.75 Å². The molecule has 5 heteroatoms. The van der Waals surface area contributed by atoms with E-state index in [0.717, 1.165) is 29.0 Å². The second-order valence-electron chi connectivity index (χ2n) is 4.65. The molecule has 0 spiro atoms. The summed E-state index contributed by atoms with van der Waals surface area (Å²) in [7, 11) is 0. The van der Waals surface area contributed by atoms with Gasteiger partial charge in [0.15, 0.2) is 11.6 Å². The van der Waals surface area contributed by atoms with Crippen molar-refractivity contribution in [3.05, 3.63) is 51.7 Å². The molecule has 2 nitrogen and oxygen atoms in total. The first kappa shape index (κ1) is 14.9. The zero-order valence-corrected chi connectivity index (χ0v) is 12.2. The standard InChI is InChI=1S/C15H17F2NOS/c1-3-13(18)14(15-9(2)6-7-20-15)19-10-4-5-11(16)12(17)8-10/h4-8,13-14H,3,18H2,1-2H3. The van der Waals surface area contributed by atoms with Gasteiger partial charge in [-0.1, -0.05) is 6.92 Å². The second-order valence-corrected chi connectivity index (χ2v) is 5.60. The van der Waals surface area contributed by atoms with Crippen LogP contribution in [0.5, 0.6) is 5.75 Å². The Hall–Kier alpha value is -1.46. The summed E-state index contributed by atoms with van der Waals surface area (Å²) in [6.45, 7) is 3.95. The van der Waals surface area contributed by atoms with Gasteiger partial charge in [0.2, 0.25) is 0 Å². The van der Waals surface area contributed by atoms with E-state index in [1.807, 2.05) is 25.3 Å².